The molecule has 2 unspecified atom stereocenters. The molecule has 3 N–H and O–H groups in total. The number of amides is 2. The third-order valence-corrected chi connectivity index (χ3v) is 5.64. The first-order valence-electron chi connectivity index (χ1n) is 11.6. The molecule has 2 aromatic carbocycles. The normalized spacial score (nSPS) is 19.9. The molecular formula is C26H34N2O7. The van der Waals surface area contributed by atoms with Gasteiger partial charge in [-0.1, -0.05) is 44.2 Å². The highest BCUT2D eigenvalue weighted by molar-refractivity contribution is 5.82. The molecule has 1 fully saturated rings. The molecule has 0 spiro atoms. The van der Waals surface area contributed by atoms with Crippen molar-refractivity contribution >= 4 is 11.8 Å². The number of hydrogen-bond acceptors (Lipinski definition) is 7. The Kier molecular flexibility index (Phi) is 9.47. The van der Waals surface area contributed by atoms with Crippen LogP contribution >= 0.6 is 0 Å². The van der Waals surface area contributed by atoms with E-state index in [0.29, 0.717) is 18.1 Å². The summed E-state index contributed by atoms with van der Waals surface area (Å²) in [5, 5.41) is 15.5. The van der Waals surface area contributed by atoms with Gasteiger partial charge in [-0.05, 0) is 30.7 Å². The first-order valence-corrected chi connectivity index (χ1v) is 11.6. The summed E-state index contributed by atoms with van der Waals surface area (Å²) in [6.45, 7) is 4.77. The second kappa shape index (κ2) is 12.5. The minimum atomic E-state index is -1.25. The van der Waals surface area contributed by atoms with Crippen molar-refractivity contribution in [3.05, 3.63) is 60.2 Å². The second-order valence-corrected chi connectivity index (χ2v) is 8.97. The zero-order valence-electron chi connectivity index (χ0n) is 20.4. The lowest BCUT2D eigenvalue weighted by Crippen LogP contribution is -2.52. The van der Waals surface area contributed by atoms with Crippen molar-refractivity contribution in [2.75, 3.05) is 33.4 Å². The van der Waals surface area contributed by atoms with E-state index in [1.165, 1.54) is 0 Å². The summed E-state index contributed by atoms with van der Waals surface area (Å²) in [5.74, 6) is 0.585. The van der Waals surface area contributed by atoms with E-state index < -0.39 is 29.8 Å². The van der Waals surface area contributed by atoms with E-state index in [4.69, 9.17) is 18.9 Å². The predicted octanol–water partition coefficient (Wildman–Crippen LogP) is 2.20. The lowest BCUT2D eigenvalue weighted by molar-refractivity contribution is -0.258. The van der Waals surface area contributed by atoms with Crippen LogP contribution in [0.5, 0.6) is 11.5 Å². The molecule has 9 nitrogen and oxygen atoms in total. The van der Waals surface area contributed by atoms with Crippen molar-refractivity contribution in [2.24, 2.45) is 5.41 Å². The highest BCUT2D eigenvalue weighted by Gasteiger charge is 2.43. The Bertz CT molecular complexity index is 950. The second-order valence-electron chi connectivity index (χ2n) is 8.97. The number of rotatable bonds is 11. The molecule has 0 aliphatic carbocycles. The van der Waals surface area contributed by atoms with Crippen molar-refractivity contribution in [2.45, 2.75) is 38.8 Å². The molecule has 3 rings (SSSR count). The number of ether oxygens (including phenoxy) is 4. The van der Waals surface area contributed by atoms with Crippen molar-refractivity contribution in [1.82, 2.24) is 10.6 Å². The summed E-state index contributed by atoms with van der Waals surface area (Å²) in [7, 11) is 1.59. The number of para-hydroxylation sites is 1. The zero-order valence-corrected chi connectivity index (χ0v) is 20.4. The standard InChI is InChI=1S/C26H34N2O7/c1-26(2)17-34-25(18-9-11-19(32-3)12-10-18)35-22(26)24(31)27-14-13-21(29)23(30)28-15-16-33-20-7-5-4-6-8-20/h4-12,21-22,25,29H,13-17H2,1-3H3,(H,27,31)(H,28,30)/t21?,22-,25?/m0/s1. The van der Waals surface area contributed by atoms with Gasteiger partial charge in [0.2, 0.25) is 11.8 Å². The van der Waals surface area contributed by atoms with Crippen LogP contribution in [0.25, 0.3) is 0 Å². The molecule has 3 atom stereocenters. The summed E-state index contributed by atoms with van der Waals surface area (Å²) in [6.07, 6.45) is -2.62. The molecule has 190 valence electrons. The molecule has 35 heavy (non-hydrogen) atoms. The maximum absolute atomic E-state index is 12.9. The summed E-state index contributed by atoms with van der Waals surface area (Å²) in [6, 6.07) is 16.5. The summed E-state index contributed by atoms with van der Waals surface area (Å²) < 4.78 is 22.5. The third-order valence-electron chi connectivity index (χ3n) is 5.64. The Labute approximate surface area is 205 Å². The summed E-state index contributed by atoms with van der Waals surface area (Å²) >= 11 is 0. The SMILES string of the molecule is COc1ccc(C2OCC(C)(C)[C@H](C(=O)NCCC(O)C(=O)NCCOc3ccccc3)O2)cc1. The van der Waals surface area contributed by atoms with Gasteiger partial charge in [0, 0.05) is 17.5 Å². The number of carbonyl (C=O) groups is 2. The molecular weight excluding hydrogens is 452 g/mol. The van der Waals surface area contributed by atoms with E-state index in [1.54, 1.807) is 19.2 Å². The monoisotopic (exact) mass is 486 g/mol. The quantitative estimate of drug-likeness (QED) is 0.417. The largest absolute Gasteiger partial charge is 0.497 e. The van der Waals surface area contributed by atoms with E-state index in [-0.39, 0.29) is 32.0 Å². The third kappa shape index (κ3) is 7.68. The van der Waals surface area contributed by atoms with Gasteiger partial charge in [-0.15, -0.1) is 0 Å². The van der Waals surface area contributed by atoms with Gasteiger partial charge >= 0.3 is 0 Å². The topological polar surface area (TPSA) is 115 Å². The van der Waals surface area contributed by atoms with Crippen LogP contribution in [0.3, 0.4) is 0 Å². The van der Waals surface area contributed by atoms with Gasteiger partial charge in [0.15, 0.2) is 6.29 Å². The summed E-state index contributed by atoms with van der Waals surface area (Å²) in [5.41, 5.74) is 0.226. The van der Waals surface area contributed by atoms with Gasteiger partial charge in [0.25, 0.3) is 0 Å². The number of hydrogen-bond donors (Lipinski definition) is 3. The molecule has 2 amide bonds. The molecule has 0 bridgehead atoms. The van der Waals surface area contributed by atoms with Crippen LogP contribution in [-0.2, 0) is 19.1 Å². The Morgan fingerprint density at radius 3 is 2.46 bits per heavy atom. The molecule has 1 aliphatic heterocycles. The van der Waals surface area contributed by atoms with E-state index in [1.807, 2.05) is 56.3 Å². The number of aliphatic hydroxyl groups is 1. The Balaban J connectivity index is 1.41. The highest BCUT2D eigenvalue weighted by Crippen LogP contribution is 2.36. The van der Waals surface area contributed by atoms with E-state index in [0.717, 1.165) is 5.56 Å². The Morgan fingerprint density at radius 2 is 1.77 bits per heavy atom. The van der Waals surface area contributed by atoms with Crippen LogP contribution in [0.2, 0.25) is 0 Å². The number of aliphatic hydroxyl groups excluding tert-OH is 1. The van der Waals surface area contributed by atoms with Gasteiger partial charge in [0.1, 0.15) is 30.3 Å². The first kappa shape index (κ1) is 26.5. The zero-order chi connectivity index (χ0) is 25.3. The number of nitrogens with one attached hydrogen (secondary N) is 2. The van der Waals surface area contributed by atoms with Gasteiger partial charge in [-0.2, -0.15) is 0 Å². The minimum Gasteiger partial charge on any atom is -0.497 e. The van der Waals surface area contributed by atoms with Crippen LogP contribution in [0.1, 0.15) is 32.1 Å². The van der Waals surface area contributed by atoms with Gasteiger partial charge < -0.3 is 34.7 Å². The van der Waals surface area contributed by atoms with Gasteiger partial charge in [0.05, 0.1) is 20.3 Å². The van der Waals surface area contributed by atoms with Crippen LogP contribution in [0.15, 0.2) is 54.6 Å². The molecule has 1 saturated heterocycles. The highest BCUT2D eigenvalue weighted by atomic mass is 16.7. The fourth-order valence-corrected chi connectivity index (χ4v) is 3.60. The van der Waals surface area contributed by atoms with Crippen molar-refractivity contribution < 1.29 is 33.6 Å². The van der Waals surface area contributed by atoms with Crippen molar-refractivity contribution in [3.8, 4) is 11.5 Å². The average molecular weight is 487 g/mol. The lowest BCUT2D eigenvalue weighted by atomic mass is 9.85. The number of methoxy groups -OCH3 is 1. The maximum Gasteiger partial charge on any atom is 0.249 e. The van der Waals surface area contributed by atoms with Crippen molar-refractivity contribution in [1.29, 1.82) is 0 Å². The number of carbonyl (C=O) groups excluding carboxylic acids is 2. The molecule has 1 aliphatic rings. The smallest absolute Gasteiger partial charge is 0.249 e. The van der Waals surface area contributed by atoms with Crippen LogP contribution in [0, 0.1) is 5.41 Å². The van der Waals surface area contributed by atoms with E-state index in [9.17, 15) is 14.7 Å². The van der Waals surface area contributed by atoms with E-state index >= 15 is 0 Å². The summed E-state index contributed by atoms with van der Waals surface area (Å²) in [4.78, 5) is 25.0. The molecule has 1 heterocycles. The maximum atomic E-state index is 12.9. The van der Waals surface area contributed by atoms with Gasteiger partial charge in [-0.3, -0.25) is 9.59 Å². The first-order chi connectivity index (χ1) is 16.8. The van der Waals surface area contributed by atoms with Gasteiger partial charge in [-0.25, -0.2) is 0 Å². The Morgan fingerprint density at radius 1 is 1.06 bits per heavy atom. The van der Waals surface area contributed by atoms with E-state index in [2.05, 4.69) is 10.6 Å². The number of benzene rings is 2. The Hall–Kier alpha value is -3.14. The van der Waals surface area contributed by atoms with Crippen LogP contribution in [0.4, 0.5) is 0 Å². The fourth-order valence-electron chi connectivity index (χ4n) is 3.60. The average Bonchev–Trinajstić information content (AvgIpc) is 2.87. The molecule has 9 heteroatoms. The van der Waals surface area contributed by atoms with Crippen LogP contribution < -0.4 is 20.1 Å². The lowest BCUT2D eigenvalue weighted by Gasteiger charge is -2.41. The minimum absolute atomic E-state index is 0.0721. The van der Waals surface area contributed by atoms with Crippen LogP contribution in [-0.4, -0.2) is 62.5 Å². The van der Waals surface area contributed by atoms with Crippen molar-refractivity contribution in [3.63, 3.8) is 0 Å². The predicted molar refractivity (Wildman–Crippen MR) is 129 cm³/mol. The molecule has 0 aromatic heterocycles. The molecule has 2 aromatic rings. The molecule has 0 saturated carbocycles. The fraction of sp³-hybridized carbons (Fsp3) is 0.462. The molecule has 0 radical (unpaired) electrons.